The summed E-state index contributed by atoms with van der Waals surface area (Å²) >= 11 is 0.759. The summed E-state index contributed by atoms with van der Waals surface area (Å²) in [5, 5.41) is 10.3. The van der Waals surface area contributed by atoms with Crippen molar-refractivity contribution in [3.05, 3.63) is 104 Å². The molecule has 0 unspecified atom stereocenters. The number of thioether (sulfide) groups is 1. The highest BCUT2D eigenvalue weighted by Crippen LogP contribution is 2.35. The summed E-state index contributed by atoms with van der Waals surface area (Å²) in [6.45, 7) is -0.0295. The van der Waals surface area contributed by atoms with E-state index in [4.69, 9.17) is 9.47 Å². The number of esters is 1. The van der Waals surface area contributed by atoms with Gasteiger partial charge in [-0.3, -0.25) is 24.6 Å². The monoisotopic (exact) mass is 508 g/mol. The molecule has 1 aliphatic heterocycles. The van der Waals surface area contributed by atoms with E-state index in [2.05, 4.69) is 0 Å². The summed E-state index contributed by atoms with van der Waals surface area (Å²) < 4.78 is 24.0. The standard InChI is InChI=1S/C25H17FN2O7S/c1-34-21-11-16(7-10-20(21)35-24(30)17-3-2-4-18(26)13-17)12-22-23(29)27(25(31)36-22)14-15-5-8-19(9-6-15)28(32)33/h2-13H,14H2,1H3/b22-12-. The zero-order valence-electron chi connectivity index (χ0n) is 18.7. The molecule has 9 nitrogen and oxygen atoms in total. The molecule has 11 heteroatoms. The number of imide groups is 1. The maximum Gasteiger partial charge on any atom is 0.343 e. The van der Waals surface area contributed by atoms with Crippen LogP contribution in [0.2, 0.25) is 0 Å². The Kier molecular flexibility index (Phi) is 7.11. The largest absolute Gasteiger partial charge is 0.493 e. The van der Waals surface area contributed by atoms with Crippen LogP contribution in [0.1, 0.15) is 21.5 Å². The highest BCUT2D eigenvalue weighted by atomic mass is 32.2. The highest BCUT2D eigenvalue weighted by Gasteiger charge is 2.35. The molecular weight excluding hydrogens is 491 g/mol. The molecule has 4 rings (SSSR count). The molecule has 0 spiro atoms. The molecule has 182 valence electrons. The fourth-order valence-electron chi connectivity index (χ4n) is 3.33. The molecule has 0 aromatic heterocycles. The van der Waals surface area contributed by atoms with E-state index in [0.29, 0.717) is 11.1 Å². The molecule has 36 heavy (non-hydrogen) atoms. The average molecular weight is 508 g/mol. The summed E-state index contributed by atoms with van der Waals surface area (Å²) in [6.07, 6.45) is 1.50. The fraction of sp³-hybridized carbons (Fsp3) is 0.0800. The number of non-ortho nitro benzene ring substituents is 1. The number of nitrogens with zero attached hydrogens (tertiary/aromatic N) is 2. The molecule has 2 amide bonds. The topological polar surface area (TPSA) is 116 Å². The van der Waals surface area contributed by atoms with Crippen molar-refractivity contribution in [1.29, 1.82) is 0 Å². The summed E-state index contributed by atoms with van der Waals surface area (Å²) in [5.41, 5.74) is 1.02. The van der Waals surface area contributed by atoms with E-state index >= 15 is 0 Å². The van der Waals surface area contributed by atoms with Gasteiger partial charge >= 0.3 is 5.97 Å². The Balaban J connectivity index is 1.50. The second kappa shape index (κ2) is 10.4. The zero-order chi connectivity index (χ0) is 25.8. The third-order valence-electron chi connectivity index (χ3n) is 5.11. The number of amides is 2. The lowest BCUT2D eigenvalue weighted by atomic mass is 10.1. The second-order valence-electron chi connectivity index (χ2n) is 7.50. The van der Waals surface area contributed by atoms with Crippen LogP contribution in [0.3, 0.4) is 0 Å². The van der Waals surface area contributed by atoms with Crippen molar-refractivity contribution in [2.24, 2.45) is 0 Å². The molecule has 0 aliphatic carbocycles. The number of ether oxygens (including phenoxy) is 2. The maximum absolute atomic E-state index is 13.4. The predicted molar refractivity (Wildman–Crippen MR) is 129 cm³/mol. The van der Waals surface area contributed by atoms with Crippen LogP contribution < -0.4 is 9.47 Å². The van der Waals surface area contributed by atoms with Crippen molar-refractivity contribution < 1.29 is 33.2 Å². The van der Waals surface area contributed by atoms with Crippen molar-refractivity contribution in [1.82, 2.24) is 4.90 Å². The second-order valence-corrected chi connectivity index (χ2v) is 8.49. The molecule has 0 saturated carbocycles. The number of methoxy groups -OCH3 is 1. The van der Waals surface area contributed by atoms with E-state index < -0.39 is 27.9 Å². The first-order valence-electron chi connectivity index (χ1n) is 10.4. The van der Waals surface area contributed by atoms with Crippen molar-refractivity contribution in [3.8, 4) is 11.5 Å². The molecule has 1 saturated heterocycles. The van der Waals surface area contributed by atoms with Crippen molar-refractivity contribution in [2.45, 2.75) is 6.54 Å². The Bertz CT molecular complexity index is 1410. The quantitative estimate of drug-likeness (QED) is 0.141. The van der Waals surface area contributed by atoms with Gasteiger partial charge in [0.15, 0.2) is 11.5 Å². The summed E-state index contributed by atoms with van der Waals surface area (Å²) in [6, 6.07) is 15.2. The number of nitro benzene ring substituents is 1. The van der Waals surface area contributed by atoms with Crippen molar-refractivity contribution >= 4 is 40.6 Å². The van der Waals surface area contributed by atoms with Crippen molar-refractivity contribution in [2.75, 3.05) is 7.11 Å². The van der Waals surface area contributed by atoms with Gasteiger partial charge in [0.25, 0.3) is 16.8 Å². The maximum atomic E-state index is 13.4. The summed E-state index contributed by atoms with van der Waals surface area (Å²) in [7, 11) is 1.37. The summed E-state index contributed by atoms with van der Waals surface area (Å²) in [4.78, 5) is 49.1. The minimum absolute atomic E-state index is 0.0295. The number of hydrogen-bond donors (Lipinski definition) is 0. The van der Waals surface area contributed by atoms with Crippen LogP contribution in [0, 0.1) is 15.9 Å². The number of carbonyl (C=O) groups is 3. The molecule has 0 radical (unpaired) electrons. The van der Waals surface area contributed by atoms with E-state index in [1.54, 1.807) is 6.07 Å². The van der Waals surface area contributed by atoms with Gasteiger partial charge in [-0.15, -0.1) is 0 Å². The number of hydrogen-bond acceptors (Lipinski definition) is 8. The molecule has 0 bridgehead atoms. The highest BCUT2D eigenvalue weighted by molar-refractivity contribution is 8.18. The molecule has 3 aromatic carbocycles. The molecular formula is C25H17FN2O7S. The van der Waals surface area contributed by atoms with E-state index in [0.717, 1.165) is 22.7 Å². The molecule has 3 aromatic rings. The van der Waals surface area contributed by atoms with Gasteiger partial charge in [0.1, 0.15) is 5.82 Å². The lowest BCUT2D eigenvalue weighted by Crippen LogP contribution is -2.27. The lowest BCUT2D eigenvalue weighted by Gasteiger charge is -2.12. The minimum Gasteiger partial charge on any atom is -0.493 e. The minimum atomic E-state index is -0.770. The van der Waals surface area contributed by atoms with E-state index in [1.807, 2.05) is 0 Å². The first-order valence-corrected chi connectivity index (χ1v) is 11.2. The number of carbonyl (C=O) groups excluding carboxylic acids is 3. The first-order chi connectivity index (χ1) is 17.2. The van der Waals surface area contributed by atoms with Crippen LogP contribution in [0.4, 0.5) is 14.9 Å². The number of halogens is 1. The Morgan fingerprint density at radius 1 is 1.08 bits per heavy atom. The average Bonchev–Trinajstić information content (AvgIpc) is 3.12. The smallest absolute Gasteiger partial charge is 0.343 e. The Labute approximate surface area is 208 Å². The van der Waals surface area contributed by atoms with E-state index in [9.17, 15) is 28.9 Å². The number of rotatable bonds is 7. The number of benzene rings is 3. The van der Waals surface area contributed by atoms with Gasteiger partial charge in [0, 0.05) is 12.1 Å². The first kappa shape index (κ1) is 24.6. The van der Waals surface area contributed by atoms with Crippen LogP contribution in [0.5, 0.6) is 11.5 Å². The molecule has 1 fully saturated rings. The van der Waals surface area contributed by atoms with Crippen LogP contribution >= 0.6 is 11.8 Å². The van der Waals surface area contributed by atoms with Gasteiger partial charge in [-0.05, 0) is 59.3 Å². The summed E-state index contributed by atoms with van der Waals surface area (Å²) in [5.74, 6) is -1.57. The molecule has 1 aliphatic rings. The van der Waals surface area contributed by atoms with Crippen LogP contribution in [0.25, 0.3) is 6.08 Å². The van der Waals surface area contributed by atoms with Crippen molar-refractivity contribution in [3.63, 3.8) is 0 Å². The Morgan fingerprint density at radius 3 is 2.50 bits per heavy atom. The van der Waals surface area contributed by atoms with E-state index in [1.165, 1.54) is 67.8 Å². The SMILES string of the molecule is COc1cc(/C=C2\SC(=O)N(Cc3ccc([N+](=O)[O-])cc3)C2=O)ccc1OC(=O)c1cccc(F)c1. The van der Waals surface area contributed by atoms with Gasteiger partial charge < -0.3 is 9.47 Å². The van der Waals surface area contributed by atoms with Gasteiger partial charge in [-0.2, -0.15) is 0 Å². The Hall–Kier alpha value is -4.51. The van der Waals surface area contributed by atoms with Gasteiger partial charge in [0.05, 0.1) is 29.0 Å². The van der Waals surface area contributed by atoms with Gasteiger partial charge in [0.2, 0.25) is 0 Å². The van der Waals surface area contributed by atoms with Crippen LogP contribution in [-0.4, -0.2) is 34.0 Å². The number of nitro groups is 1. The third kappa shape index (κ3) is 5.41. The van der Waals surface area contributed by atoms with Gasteiger partial charge in [-0.1, -0.05) is 24.3 Å². The lowest BCUT2D eigenvalue weighted by molar-refractivity contribution is -0.384. The zero-order valence-corrected chi connectivity index (χ0v) is 19.5. The normalized spacial score (nSPS) is 14.3. The fourth-order valence-corrected chi connectivity index (χ4v) is 4.16. The predicted octanol–water partition coefficient (Wildman–Crippen LogP) is 5.20. The third-order valence-corrected chi connectivity index (χ3v) is 6.02. The molecule has 0 atom stereocenters. The van der Waals surface area contributed by atoms with Crippen LogP contribution in [0.15, 0.2) is 71.6 Å². The van der Waals surface area contributed by atoms with Gasteiger partial charge in [-0.25, -0.2) is 9.18 Å². The molecule has 1 heterocycles. The molecule has 0 N–H and O–H groups in total. The Morgan fingerprint density at radius 2 is 1.83 bits per heavy atom. The van der Waals surface area contributed by atoms with E-state index in [-0.39, 0.29) is 34.2 Å². The van der Waals surface area contributed by atoms with Crippen LogP contribution in [-0.2, 0) is 11.3 Å².